The molecule has 20 heavy (non-hydrogen) atoms. The van der Waals surface area contributed by atoms with Crippen molar-refractivity contribution >= 4 is 22.9 Å². The van der Waals surface area contributed by atoms with Crippen LogP contribution in [0.3, 0.4) is 0 Å². The summed E-state index contributed by atoms with van der Waals surface area (Å²) >= 11 is 1.30. The number of benzene rings is 1. The Morgan fingerprint density at radius 2 is 2.25 bits per heavy atom. The Morgan fingerprint density at radius 1 is 1.45 bits per heavy atom. The largest absolute Gasteiger partial charge is 0.321 e. The molecule has 5 heteroatoms. The zero-order valence-electron chi connectivity index (χ0n) is 10.9. The fourth-order valence-electron chi connectivity index (χ4n) is 1.61. The van der Waals surface area contributed by atoms with Gasteiger partial charge in [0.05, 0.1) is 16.3 Å². The second-order valence-electron chi connectivity index (χ2n) is 4.09. The second-order valence-corrected chi connectivity index (χ2v) is 5.15. The summed E-state index contributed by atoms with van der Waals surface area (Å²) < 4.78 is 13.0. The van der Waals surface area contributed by atoms with Crippen molar-refractivity contribution in [2.75, 3.05) is 11.9 Å². The van der Waals surface area contributed by atoms with Crippen molar-refractivity contribution in [3.63, 3.8) is 0 Å². The van der Waals surface area contributed by atoms with Crippen LogP contribution >= 0.6 is 11.3 Å². The Morgan fingerprint density at radius 3 is 2.95 bits per heavy atom. The number of carbonyl (C=O) groups excluding carboxylic acids is 1. The molecule has 0 aliphatic heterocycles. The summed E-state index contributed by atoms with van der Waals surface area (Å²) in [6.07, 6.45) is 0. The maximum Gasteiger partial charge on any atom is 0.265 e. The summed E-state index contributed by atoms with van der Waals surface area (Å²) in [5.74, 6) is 5.02. The Hall–Kier alpha value is -2.16. The number of anilines is 1. The highest BCUT2D eigenvalue weighted by Crippen LogP contribution is 2.22. The minimum absolute atomic E-state index is 0.274. The number of nitrogens with two attached hydrogens (primary N) is 1. The predicted octanol–water partition coefficient (Wildman–Crippen LogP) is 2.76. The van der Waals surface area contributed by atoms with Crippen LogP contribution in [0.2, 0.25) is 0 Å². The number of rotatable bonds is 2. The van der Waals surface area contributed by atoms with Crippen molar-refractivity contribution in [3.8, 4) is 11.8 Å². The minimum Gasteiger partial charge on any atom is -0.321 e. The van der Waals surface area contributed by atoms with Crippen LogP contribution in [0.5, 0.6) is 0 Å². The van der Waals surface area contributed by atoms with Crippen LogP contribution in [-0.2, 0) is 0 Å². The molecule has 3 N–H and O–H groups in total. The number of aryl methyl sites for hydroxylation is 1. The van der Waals surface area contributed by atoms with E-state index >= 15 is 0 Å². The summed E-state index contributed by atoms with van der Waals surface area (Å²) in [6.45, 7) is 2.16. The molecular formula is C15H13FN2OS. The van der Waals surface area contributed by atoms with Crippen molar-refractivity contribution in [1.82, 2.24) is 0 Å². The lowest BCUT2D eigenvalue weighted by atomic mass is 10.2. The zero-order chi connectivity index (χ0) is 14.5. The first-order chi connectivity index (χ1) is 9.60. The van der Waals surface area contributed by atoms with Gasteiger partial charge in [-0.3, -0.25) is 4.79 Å². The molecule has 0 bridgehead atoms. The first-order valence-corrected chi connectivity index (χ1v) is 6.78. The van der Waals surface area contributed by atoms with E-state index in [0.29, 0.717) is 10.6 Å². The molecule has 0 aliphatic carbocycles. The summed E-state index contributed by atoms with van der Waals surface area (Å²) in [7, 11) is 0. The van der Waals surface area contributed by atoms with Gasteiger partial charge in [0, 0.05) is 5.69 Å². The fourth-order valence-corrected chi connectivity index (χ4v) is 2.55. The fraction of sp³-hybridized carbons (Fsp3) is 0.133. The normalized spacial score (nSPS) is 9.75. The molecule has 0 radical (unpaired) electrons. The van der Waals surface area contributed by atoms with E-state index in [1.807, 2.05) is 6.92 Å². The maximum absolute atomic E-state index is 13.0. The third-order valence-electron chi connectivity index (χ3n) is 2.53. The molecule has 0 fully saturated rings. The number of hydrogen-bond acceptors (Lipinski definition) is 3. The van der Waals surface area contributed by atoms with Gasteiger partial charge in [-0.25, -0.2) is 4.39 Å². The van der Waals surface area contributed by atoms with E-state index in [1.165, 1.54) is 23.5 Å². The molecule has 1 aromatic heterocycles. The number of thiophene rings is 1. The number of carbonyl (C=O) groups is 1. The van der Waals surface area contributed by atoms with E-state index < -0.39 is 0 Å². The molecular weight excluding hydrogens is 275 g/mol. The third-order valence-corrected chi connectivity index (χ3v) is 3.68. The van der Waals surface area contributed by atoms with Crippen molar-refractivity contribution in [3.05, 3.63) is 51.5 Å². The molecule has 0 unspecified atom stereocenters. The molecule has 0 saturated heterocycles. The maximum atomic E-state index is 13.0. The summed E-state index contributed by atoms with van der Waals surface area (Å²) in [5.41, 5.74) is 6.68. The topological polar surface area (TPSA) is 55.1 Å². The van der Waals surface area contributed by atoms with Crippen molar-refractivity contribution in [2.45, 2.75) is 6.92 Å². The molecule has 0 atom stereocenters. The summed E-state index contributed by atoms with van der Waals surface area (Å²) in [5, 5.41) is 2.65. The van der Waals surface area contributed by atoms with E-state index in [2.05, 4.69) is 17.2 Å². The number of amides is 1. The average molecular weight is 288 g/mol. The standard InChI is InChI=1S/C15H13FN2OS/c1-10-8-14(20-13(10)6-3-7-17)15(19)18-12-5-2-4-11(16)9-12/h2,4-5,8-9H,7,17H2,1H3,(H,18,19). The first kappa shape index (κ1) is 14.3. The minimum atomic E-state index is -0.389. The summed E-state index contributed by atoms with van der Waals surface area (Å²) in [4.78, 5) is 13.4. The SMILES string of the molecule is Cc1cc(C(=O)Nc2cccc(F)c2)sc1C#CCN. The molecule has 2 rings (SSSR count). The lowest BCUT2D eigenvalue weighted by Crippen LogP contribution is -2.10. The van der Waals surface area contributed by atoms with Crippen LogP contribution in [-0.4, -0.2) is 12.5 Å². The van der Waals surface area contributed by atoms with Gasteiger partial charge in [0.25, 0.3) is 5.91 Å². The molecule has 0 spiro atoms. The Labute approximate surface area is 120 Å². The third kappa shape index (κ3) is 3.44. The van der Waals surface area contributed by atoms with Crippen LogP contribution in [0.4, 0.5) is 10.1 Å². The number of nitrogens with one attached hydrogen (secondary N) is 1. The number of halogens is 1. The van der Waals surface area contributed by atoms with Gasteiger partial charge in [0.15, 0.2) is 0 Å². The van der Waals surface area contributed by atoms with Crippen LogP contribution in [0.1, 0.15) is 20.1 Å². The monoisotopic (exact) mass is 288 g/mol. The van der Waals surface area contributed by atoms with Crippen molar-refractivity contribution < 1.29 is 9.18 Å². The molecule has 1 heterocycles. The molecule has 0 aliphatic rings. The van der Waals surface area contributed by atoms with Crippen LogP contribution in [0, 0.1) is 24.6 Å². The summed E-state index contributed by atoms with van der Waals surface area (Å²) in [6, 6.07) is 7.54. The van der Waals surface area contributed by atoms with Crippen LogP contribution < -0.4 is 11.1 Å². The first-order valence-electron chi connectivity index (χ1n) is 5.96. The Bertz CT molecular complexity index is 697. The second kappa shape index (κ2) is 6.33. The van der Waals surface area contributed by atoms with Gasteiger partial charge in [0.2, 0.25) is 0 Å². The predicted molar refractivity (Wildman–Crippen MR) is 79.3 cm³/mol. The van der Waals surface area contributed by atoms with Crippen LogP contribution in [0.25, 0.3) is 0 Å². The van der Waals surface area contributed by atoms with E-state index in [0.717, 1.165) is 10.4 Å². The molecule has 3 nitrogen and oxygen atoms in total. The van der Waals surface area contributed by atoms with E-state index in [9.17, 15) is 9.18 Å². The van der Waals surface area contributed by atoms with E-state index in [1.54, 1.807) is 18.2 Å². The average Bonchev–Trinajstić information content (AvgIpc) is 2.78. The van der Waals surface area contributed by atoms with Crippen molar-refractivity contribution in [2.24, 2.45) is 5.73 Å². The van der Waals surface area contributed by atoms with E-state index in [-0.39, 0.29) is 18.3 Å². The smallest absolute Gasteiger partial charge is 0.265 e. The lowest BCUT2D eigenvalue weighted by molar-refractivity contribution is 0.103. The Balaban J connectivity index is 2.17. The van der Waals surface area contributed by atoms with Crippen molar-refractivity contribution in [1.29, 1.82) is 0 Å². The quantitative estimate of drug-likeness (QED) is 0.835. The number of hydrogen-bond donors (Lipinski definition) is 2. The molecule has 0 saturated carbocycles. The molecule has 102 valence electrons. The van der Waals surface area contributed by atoms with Gasteiger partial charge in [-0.05, 0) is 36.8 Å². The highest BCUT2D eigenvalue weighted by atomic mass is 32.1. The van der Waals surface area contributed by atoms with Crippen LogP contribution in [0.15, 0.2) is 30.3 Å². The van der Waals surface area contributed by atoms with E-state index in [4.69, 9.17) is 5.73 Å². The Kier molecular flexibility index (Phi) is 4.51. The molecule has 2 aromatic rings. The molecule has 1 amide bonds. The molecule has 1 aromatic carbocycles. The lowest BCUT2D eigenvalue weighted by Gasteiger charge is -2.02. The van der Waals surface area contributed by atoms with Gasteiger partial charge in [-0.2, -0.15) is 0 Å². The van der Waals surface area contributed by atoms with Gasteiger partial charge in [0.1, 0.15) is 5.82 Å². The van der Waals surface area contributed by atoms with Gasteiger partial charge in [-0.1, -0.05) is 17.9 Å². The highest BCUT2D eigenvalue weighted by Gasteiger charge is 2.12. The van der Waals surface area contributed by atoms with Gasteiger partial charge < -0.3 is 11.1 Å². The zero-order valence-corrected chi connectivity index (χ0v) is 11.7. The van der Waals surface area contributed by atoms with Gasteiger partial charge in [-0.15, -0.1) is 11.3 Å². The highest BCUT2D eigenvalue weighted by molar-refractivity contribution is 7.14. The van der Waals surface area contributed by atoms with Gasteiger partial charge >= 0.3 is 0 Å².